The van der Waals surface area contributed by atoms with Crippen molar-refractivity contribution in [2.75, 3.05) is 5.32 Å². The number of aryl methyl sites for hydroxylation is 1. The van der Waals surface area contributed by atoms with Crippen molar-refractivity contribution < 1.29 is 18.4 Å². The van der Waals surface area contributed by atoms with E-state index in [1.807, 2.05) is 0 Å². The number of fused-ring (bicyclic) bond motifs is 1. The molecule has 0 unspecified atom stereocenters. The molecule has 0 saturated carbocycles. The number of carbonyl (C=O) groups is 2. The molecule has 3 aromatic heterocycles. The van der Waals surface area contributed by atoms with Gasteiger partial charge < -0.3 is 16.0 Å². The highest BCUT2D eigenvalue weighted by molar-refractivity contribution is 6.19. The van der Waals surface area contributed by atoms with E-state index in [9.17, 15) is 18.4 Å². The largest absolute Gasteiger partial charge is 0.366 e. The highest BCUT2D eigenvalue weighted by Crippen LogP contribution is 2.30. The summed E-state index contributed by atoms with van der Waals surface area (Å²) >= 11 is 0. The molecular weight excluding hydrogens is 460 g/mol. The molecule has 5 aromatic rings. The van der Waals surface area contributed by atoms with Gasteiger partial charge in [-0.1, -0.05) is 6.07 Å². The van der Waals surface area contributed by atoms with Crippen LogP contribution >= 0.6 is 0 Å². The van der Waals surface area contributed by atoms with E-state index in [0.717, 1.165) is 12.1 Å². The van der Waals surface area contributed by atoms with E-state index >= 15 is 0 Å². The van der Waals surface area contributed by atoms with Crippen molar-refractivity contribution in [3.05, 3.63) is 83.1 Å². The number of benzene rings is 2. The zero-order valence-electron chi connectivity index (χ0n) is 18.0. The van der Waals surface area contributed by atoms with Gasteiger partial charge in [0, 0.05) is 11.9 Å². The molecular formula is C22H15F2N9O2. The quantitative estimate of drug-likeness (QED) is 0.316. The molecule has 4 N–H and O–H groups in total. The van der Waals surface area contributed by atoms with Gasteiger partial charge in [0.15, 0.2) is 5.82 Å². The molecule has 5 rings (SSSR count). The third kappa shape index (κ3) is 3.74. The molecule has 0 spiro atoms. The van der Waals surface area contributed by atoms with E-state index in [2.05, 4.69) is 35.8 Å². The molecule has 11 nitrogen and oxygen atoms in total. The molecule has 174 valence electrons. The van der Waals surface area contributed by atoms with Crippen molar-refractivity contribution in [2.45, 2.75) is 6.92 Å². The summed E-state index contributed by atoms with van der Waals surface area (Å²) in [6.07, 6.45) is 2.53. The number of amides is 1. The number of ketones is 1. The predicted octanol–water partition coefficient (Wildman–Crippen LogP) is 2.59. The van der Waals surface area contributed by atoms with Crippen LogP contribution in [-0.4, -0.2) is 46.8 Å². The fourth-order valence-electron chi connectivity index (χ4n) is 3.64. The van der Waals surface area contributed by atoms with Crippen LogP contribution in [0.15, 0.2) is 48.9 Å². The van der Waals surface area contributed by atoms with Crippen LogP contribution in [0, 0.1) is 18.6 Å². The monoisotopic (exact) mass is 475 g/mol. The van der Waals surface area contributed by atoms with Crippen LogP contribution in [-0.2, 0) is 0 Å². The normalized spacial score (nSPS) is 11.1. The first-order valence-corrected chi connectivity index (χ1v) is 10.1. The number of hydrogen-bond acceptors (Lipinski definition) is 8. The molecule has 0 fully saturated rings. The maximum absolute atomic E-state index is 14.8. The molecule has 35 heavy (non-hydrogen) atoms. The van der Waals surface area contributed by atoms with E-state index in [1.54, 1.807) is 31.2 Å². The first-order valence-electron chi connectivity index (χ1n) is 10.1. The lowest BCUT2D eigenvalue weighted by Gasteiger charge is -2.10. The van der Waals surface area contributed by atoms with Crippen LogP contribution in [0.4, 0.5) is 20.3 Å². The molecule has 13 heteroatoms. The first kappa shape index (κ1) is 21.8. The van der Waals surface area contributed by atoms with Crippen molar-refractivity contribution in [1.82, 2.24) is 35.2 Å². The summed E-state index contributed by atoms with van der Waals surface area (Å²) in [6, 6.07) is 8.76. The van der Waals surface area contributed by atoms with Gasteiger partial charge in [0.1, 0.15) is 29.4 Å². The lowest BCUT2D eigenvalue weighted by molar-refractivity contribution is 0.0996. The van der Waals surface area contributed by atoms with E-state index < -0.39 is 34.5 Å². The van der Waals surface area contributed by atoms with Crippen LogP contribution in [0.3, 0.4) is 0 Å². The topological polar surface area (TPSA) is 157 Å². The van der Waals surface area contributed by atoms with Crippen LogP contribution in [0.1, 0.15) is 32.1 Å². The average molecular weight is 475 g/mol. The van der Waals surface area contributed by atoms with Gasteiger partial charge in [0.2, 0.25) is 5.78 Å². The van der Waals surface area contributed by atoms with Crippen molar-refractivity contribution in [3.8, 4) is 5.69 Å². The van der Waals surface area contributed by atoms with Crippen LogP contribution in [0.5, 0.6) is 0 Å². The molecule has 1 amide bonds. The molecule has 0 radical (unpaired) electrons. The number of hydrogen-bond donors (Lipinski definition) is 3. The Morgan fingerprint density at radius 1 is 1.11 bits per heavy atom. The summed E-state index contributed by atoms with van der Waals surface area (Å²) in [4.78, 5) is 35.8. The number of anilines is 2. The van der Waals surface area contributed by atoms with Gasteiger partial charge in [-0.15, -0.1) is 5.10 Å². The number of tetrazole rings is 1. The Kier molecular flexibility index (Phi) is 5.20. The van der Waals surface area contributed by atoms with Gasteiger partial charge in [-0.2, -0.15) is 4.68 Å². The predicted molar refractivity (Wildman–Crippen MR) is 119 cm³/mol. The Morgan fingerprint density at radius 2 is 1.94 bits per heavy atom. The number of nitrogens with two attached hydrogens (primary N) is 1. The number of aromatic nitrogens is 7. The first-order chi connectivity index (χ1) is 16.8. The SMILES string of the molecule is Cc1nnnn1-c1cccc(Nc2ncnc3[nH]cc(C(=O)c4c(F)ccc(C(N)=O)c4F)c23)c1. The standard InChI is InChI=1S/C22H15F2N9O2/c1-10-30-31-32-33(10)12-4-2-3-11(7-12)29-22-16-14(8-26-21(16)27-9-28-22)19(34)17-15(23)6-5-13(18(17)24)20(25)35/h2-9H,1H3,(H2,25,35)(H2,26,27,28,29). The Bertz CT molecular complexity index is 1630. The summed E-state index contributed by atoms with van der Waals surface area (Å²) in [6.45, 7) is 1.75. The molecule has 0 aliphatic carbocycles. The highest BCUT2D eigenvalue weighted by atomic mass is 19.1. The number of primary amides is 1. The minimum Gasteiger partial charge on any atom is -0.366 e. The van der Waals surface area contributed by atoms with Gasteiger partial charge in [0.25, 0.3) is 5.91 Å². The van der Waals surface area contributed by atoms with E-state index in [-0.39, 0.29) is 22.4 Å². The van der Waals surface area contributed by atoms with Gasteiger partial charge >= 0.3 is 0 Å². The highest BCUT2D eigenvalue weighted by Gasteiger charge is 2.27. The molecule has 0 saturated heterocycles. The third-order valence-electron chi connectivity index (χ3n) is 5.28. The summed E-state index contributed by atoms with van der Waals surface area (Å²) in [5.74, 6) is -3.83. The summed E-state index contributed by atoms with van der Waals surface area (Å²) in [5.41, 5.74) is 5.03. The Balaban J connectivity index is 1.59. The lowest BCUT2D eigenvalue weighted by Crippen LogP contribution is -2.17. The van der Waals surface area contributed by atoms with Gasteiger partial charge in [-0.05, 0) is 47.7 Å². The fraction of sp³-hybridized carbons (Fsp3) is 0.0455. The number of halogens is 2. The average Bonchev–Trinajstić information content (AvgIpc) is 3.46. The number of aromatic amines is 1. The zero-order valence-corrected chi connectivity index (χ0v) is 18.0. The second-order valence-electron chi connectivity index (χ2n) is 7.44. The van der Waals surface area contributed by atoms with E-state index in [1.165, 1.54) is 17.2 Å². The fourth-order valence-corrected chi connectivity index (χ4v) is 3.64. The Morgan fingerprint density at radius 3 is 2.69 bits per heavy atom. The van der Waals surface area contributed by atoms with Crippen LogP contribution in [0.2, 0.25) is 0 Å². The Labute approximate surface area is 195 Å². The maximum Gasteiger partial charge on any atom is 0.251 e. The molecule has 0 aliphatic rings. The smallest absolute Gasteiger partial charge is 0.251 e. The van der Waals surface area contributed by atoms with Crippen molar-refractivity contribution >= 4 is 34.2 Å². The second kappa shape index (κ2) is 8.37. The van der Waals surface area contributed by atoms with Crippen molar-refractivity contribution in [3.63, 3.8) is 0 Å². The number of H-pyrrole nitrogens is 1. The van der Waals surface area contributed by atoms with E-state index in [0.29, 0.717) is 17.2 Å². The molecule has 0 bridgehead atoms. The number of nitrogens with one attached hydrogen (secondary N) is 2. The molecule has 0 aliphatic heterocycles. The van der Waals surface area contributed by atoms with Crippen LogP contribution < -0.4 is 11.1 Å². The zero-order chi connectivity index (χ0) is 24.7. The lowest BCUT2D eigenvalue weighted by atomic mass is 9.99. The van der Waals surface area contributed by atoms with Crippen LogP contribution in [0.25, 0.3) is 16.7 Å². The third-order valence-corrected chi connectivity index (χ3v) is 5.28. The Hall–Kier alpha value is -5.07. The summed E-state index contributed by atoms with van der Waals surface area (Å²) in [7, 11) is 0. The minimum atomic E-state index is -1.34. The number of nitrogens with zero attached hydrogens (tertiary/aromatic N) is 6. The molecule has 0 atom stereocenters. The van der Waals surface area contributed by atoms with Crippen molar-refractivity contribution in [2.24, 2.45) is 5.73 Å². The number of rotatable bonds is 6. The summed E-state index contributed by atoms with van der Waals surface area (Å²) in [5, 5.41) is 14.7. The maximum atomic E-state index is 14.8. The van der Waals surface area contributed by atoms with E-state index in [4.69, 9.17) is 5.73 Å². The van der Waals surface area contributed by atoms with Crippen molar-refractivity contribution in [1.29, 1.82) is 0 Å². The van der Waals surface area contributed by atoms with Gasteiger partial charge in [0.05, 0.1) is 27.8 Å². The number of carbonyl (C=O) groups excluding carboxylic acids is 2. The minimum absolute atomic E-state index is 0.102. The van der Waals surface area contributed by atoms with Gasteiger partial charge in [-0.3, -0.25) is 9.59 Å². The van der Waals surface area contributed by atoms with Gasteiger partial charge in [-0.25, -0.2) is 18.7 Å². The molecule has 3 heterocycles. The second-order valence-corrected chi connectivity index (χ2v) is 7.44. The summed E-state index contributed by atoms with van der Waals surface area (Å²) < 4.78 is 30.9. The molecule has 2 aromatic carbocycles.